The van der Waals surface area contributed by atoms with E-state index in [-0.39, 0.29) is 11.5 Å². The van der Waals surface area contributed by atoms with Crippen LogP contribution in [0.3, 0.4) is 0 Å². The quantitative estimate of drug-likeness (QED) is 0.852. The van der Waals surface area contributed by atoms with Gasteiger partial charge in [-0.3, -0.25) is 0 Å². The molecule has 0 spiro atoms. The molecule has 0 radical (unpaired) electrons. The molecule has 21 heavy (non-hydrogen) atoms. The summed E-state index contributed by atoms with van der Waals surface area (Å²) in [5, 5.41) is 3.63. The number of nitrogens with one attached hydrogen (secondary N) is 1. The first kappa shape index (κ1) is 15.6. The third kappa shape index (κ3) is 3.45. The first-order valence-electron chi connectivity index (χ1n) is 7.52. The number of likely N-dealkylation sites (N-methyl/N-ethyl adjacent to an activating group) is 1. The highest BCUT2D eigenvalue weighted by Crippen LogP contribution is 2.37. The Morgan fingerprint density at radius 1 is 1.00 bits per heavy atom. The van der Waals surface area contributed by atoms with E-state index in [0.717, 1.165) is 12.3 Å². The van der Waals surface area contributed by atoms with Gasteiger partial charge in [-0.05, 0) is 29.8 Å². The lowest BCUT2D eigenvalue weighted by molar-refractivity contribution is 0.353. The lowest BCUT2D eigenvalue weighted by Gasteiger charge is -2.36. The van der Waals surface area contributed by atoms with Gasteiger partial charge >= 0.3 is 0 Å². The molecule has 0 fully saturated rings. The Labute approximate surface area is 128 Å². The van der Waals surface area contributed by atoms with E-state index in [1.807, 2.05) is 12.1 Å². The molecule has 2 rings (SSSR count). The predicted octanol–water partition coefficient (Wildman–Crippen LogP) is 4.32. The highest BCUT2D eigenvalue weighted by atomic mass is 16.5. The summed E-state index contributed by atoms with van der Waals surface area (Å²) in [4.78, 5) is 0. The van der Waals surface area contributed by atoms with Crippen molar-refractivity contribution in [2.24, 2.45) is 0 Å². The van der Waals surface area contributed by atoms with Crippen molar-refractivity contribution >= 4 is 0 Å². The molecule has 1 atom stereocenters. The lowest BCUT2D eigenvalue weighted by Crippen LogP contribution is -2.37. The van der Waals surface area contributed by atoms with E-state index in [9.17, 15) is 0 Å². The van der Waals surface area contributed by atoms with E-state index in [0.29, 0.717) is 0 Å². The fraction of sp³-hybridized carbons (Fsp3) is 0.368. The molecule has 0 amide bonds. The Kier molecular flexibility index (Phi) is 5.03. The summed E-state index contributed by atoms with van der Waals surface area (Å²) < 4.78 is 5.26. The van der Waals surface area contributed by atoms with Crippen LogP contribution in [0.25, 0.3) is 0 Å². The second-order valence-electron chi connectivity index (χ2n) is 5.85. The molecular weight excluding hydrogens is 258 g/mol. The van der Waals surface area contributed by atoms with E-state index >= 15 is 0 Å². The zero-order valence-corrected chi connectivity index (χ0v) is 13.4. The Morgan fingerprint density at radius 3 is 2.14 bits per heavy atom. The highest BCUT2D eigenvalue weighted by Gasteiger charge is 2.31. The number of benzene rings is 2. The molecule has 0 saturated heterocycles. The molecular formula is C19H25NO. The van der Waals surface area contributed by atoms with Gasteiger partial charge in [-0.1, -0.05) is 63.2 Å². The van der Waals surface area contributed by atoms with Gasteiger partial charge in [0.15, 0.2) is 0 Å². The Balaban J connectivity index is 2.37. The van der Waals surface area contributed by atoms with Crippen LogP contribution in [0.5, 0.6) is 5.75 Å². The molecule has 0 aliphatic rings. The van der Waals surface area contributed by atoms with Crippen molar-refractivity contribution in [2.45, 2.75) is 32.2 Å². The van der Waals surface area contributed by atoms with Crippen LogP contribution in [0.2, 0.25) is 0 Å². The predicted molar refractivity (Wildman–Crippen MR) is 88.9 cm³/mol. The number of hydrogen-bond acceptors (Lipinski definition) is 2. The molecule has 2 heteroatoms. The second kappa shape index (κ2) is 6.77. The van der Waals surface area contributed by atoms with Crippen LogP contribution >= 0.6 is 0 Å². The SMILES string of the molecule is CCNC(c1ccc(OC)cc1)C(C)(C)c1ccccc1. The van der Waals surface area contributed by atoms with Crippen molar-refractivity contribution in [2.75, 3.05) is 13.7 Å². The van der Waals surface area contributed by atoms with Crippen LogP contribution in [-0.2, 0) is 5.41 Å². The molecule has 0 aromatic heterocycles. The monoisotopic (exact) mass is 283 g/mol. The summed E-state index contributed by atoms with van der Waals surface area (Å²) in [5.74, 6) is 0.895. The summed E-state index contributed by atoms with van der Waals surface area (Å²) in [5.41, 5.74) is 2.63. The van der Waals surface area contributed by atoms with Crippen LogP contribution in [0.4, 0.5) is 0 Å². The van der Waals surface area contributed by atoms with Crippen molar-refractivity contribution in [3.05, 3.63) is 65.7 Å². The van der Waals surface area contributed by atoms with Gasteiger partial charge in [0.1, 0.15) is 5.75 Å². The standard InChI is InChI=1S/C19H25NO/c1-5-20-18(15-11-13-17(21-4)14-12-15)19(2,3)16-9-7-6-8-10-16/h6-14,18,20H,5H2,1-4H3. The molecule has 0 aliphatic heterocycles. The number of rotatable bonds is 6. The maximum Gasteiger partial charge on any atom is 0.118 e. The second-order valence-corrected chi connectivity index (χ2v) is 5.85. The van der Waals surface area contributed by atoms with Crippen LogP contribution < -0.4 is 10.1 Å². The average molecular weight is 283 g/mol. The van der Waals surface area contributed by atoms with Crippen molar-refractivity contribution in [3.8, 4) is 5.75 Å². The number of hydrogen-bond donors (Lipinski definition) is 1. The van der Waals surface area contributed by atoms with Gasteiger partial charge in [-0.15, -0.1) is 0 Å². The first-order valence-corrected chi connectivity index (χ1v) is 7.52. The van der Waals surface area contributed by atoms with E-state index in [1.165, 1.54) is 11.1 Å². The van der Waals surface area contributed by atoms with Crippen molar-refractivity contribution < 1.29 is 4.74 Å². The summed E-state index contributed by atoms with van der Waals surface area (Å²) in [6.07, 6.45) is 0. The van der Waals surface area contributed by atoms with Gasteiger partial charge in [-0.2, -0.15) is 0 Å². The molecule has 2 aromatic carbocycles. The minimum atomic E-state index is 0.00581. The molecule has 112 valence electrons. The van der Waals surface area contributed by atoms with Gasteiger partial charge in [0.05, 0.1) is 7.11 Å². The lowest BCUT2D eigenvalue weighted by atomic mass is 9.75. The van der Waals surface area contributed by atoms with Gasteiger partial charge < -0.3 is 10.1 Å². The fourth-order valence-corrected chi connectivity index (χ4v) is 2.82. The maximum absolute atomic E-state index is 5.26. The first-order chi connectivity index (χ1) is 10.1. The molecule has 0 aliphatic carbocycles. The maximum atomic E-state index is 5.26. The third-order valence-electron chi connectivity index (χ3n) is 4.10. The smallest absolute Gasteiger partial charge is 0.118 e. The zero-order chi connectivity index (χ0) is 15.3. The normalized spacial score (nSPS) is 13.0. The van der Waals surface area contributed by atoms with Crippen LogP contribution in [-0.4, -0.2) is 13.7 Å². The minimum absolute atomic E-state index is 0.00581. The Hall–Kier alpha value is -1.80. The topological polar surface area (TPSA) is 21.3 Å². The van der Waals surface area contributed by atoms with Crippen molar-refractivity contribution in [1.29, 1.82) is 0 Å². The summed E-state index contributed by atoms with van der Waals surface area (Å²) in [6.45, 7) is 7.67. The number of ether oxygens (including phenoxy) is 1. The van der Waals surface area contributed by atoms with Crippen molar-refractivity contribution in [1.82, 2.24) is 5.32 Å². The molecule has 0 heterocycles. The summed E-state index contributed by atoms with van der Waals surface area (Å²) >= 11 is 0. The van der Waals surface area contributed by atoms with Crippen LogP contribution in [0, 0.1) is 0 Å². The molecule has 2 nitrogen and oxygen atoms in total. The van der Waals surface area contributed by atoms with Crippen molar-refractivity contribution in [3.63, 3.8) is 0 Å². The Bertz CT molecular complexity index is 546. The summed E-state index contributed by atoms with van der Waals surface area (Å²) in [7, 11) is 1.70. The van der Waals surface area contributed by atoms with E-state index < -0.39 is 0 Å². The largest absolute Gasteiger partial charge is 0.497 e. The molecule has 0 bridgehead atoms. The fourth-order valence-electron chi connectivity index (χ4n) is 2.82. The Morgan fingerprint density at radius 2 is 1.62 bits per heavy atom. The molecule has 1 unspecified atom stereocenters. The highest BCUT2D eigenvalue weighted by molar-refractivity contribution is 5.35. The van der Waals surface area contributed by atoms with Crippen LogP contribution in [0.1, 0.15) is 37.9 Å². The van der Waals surface area contributed by atoms with Gasteiger partial charge in [0.25, 0.3) is 0 Å². The zero-order valence-electron chi connectivity index (χ0n) is 13.4. The van der Waals surface area contributed by atoms with Gasteiger partial charge in [0, 0.05) is 11.5 Å². The number of methoxy groups -OCH3 is 1. The van der Waals surface area contributed by atoms with Crippen LogP contribution in [0.15, 0.2) is 54.6 Å². The molecule has 0 saturated carbocycles. The van der Waals surface area contributed by atoms with E-state index in [4.69, 9.17) is 4.74 Å². The third-order valence-corrected chi connectivity index (χ3v) is 4.10. The van der Waals surface area contributed by atoms with E-state index in [2.05, 4.69) is 68.6 Å². The van der Waals surface area contributed by atoms with Gasteiger partial charge in [0.2, 0.25) is 0 Å². The summed E-state index contributed by atoms with van der Waals surface area (Å²) in [6, 6.07) is 19.3. The molecule has 2 aromatic rings. The van der Waals surface area contributed by atoms with Gasteiger partial charge in [-0.25, -0.2) is 0 Å². The molecule has 1 N–H and O–H groups in total. The minimum Gasteiger partial charge on any atom is -0.497 e. The average Bonchev–Trinajstić information content (AvgIpc) is 2.53. The van der Waals surface area contributed by atoms with E-state index in [1.54, 1.807) is 7.11 Å².